The topological polar surface area (TPSA) is 17.1 Å². The highest BCUT2D eigenvalue weighted by Gasteiger charge is 2.27. The Bertz CT molecular complexity index is 145. The van der Waals surface area contributed by atoms with Gasteiger partial charge in [-0.25, -0.2) is 0 Å². The van der Waals surface area contributed by atoms with Gasteiger partial charge >= 0.3 is 0 Å². The fourth-order valence-corrected chi connectivity index (χ4v) is 1.48. The number of ketones is 1. The van der Waals surface area contributed by atoms with E-state index in [-0.39, 0.29) is 5.41 Å². The van der Waals surface area contributed by atoms with Crippen molar-refractivity contribution in [1.82, 2.24) is 0 Å². The van der Waals surface area contributed by atoms with Gasteiger partial charge in [-0.05, 0) is 19.3 Å². The van der Waals surface area contributed by atoms with Crippen molar-refractivity contribution in [3.63, 3.8) is 0 Å². The fraction of sp³-hybridized carbons (Fsp3) is 0.917. The van der Waals surface area contributed by atoms with Crippen molar-refractivity contribution in [2.75, 3.05) is 0 Å². The Hall–Kier alpha value is -0.330. The van der Waals surface area contributed by atoms with Crippen LogP contribution in [0.5, 0.6) is 0 Å². The van der Waals surface area contributed by atoms with Crippen LogP contribution in [0.3, 0.4) is 0 Å². The molecule has 0 spiro atoms. The summed E-state index contributed by atoms with van der Waals surface area (Å²) in [5.41, 5.74) is -0.0479. The van der Waals surface area contributed by atoms with Crippen molar-refractivity contribution < 1.29 is 4.79 Å². The first kappa shape index (κ1) is 12.7. The van der Waals surface area contributed by atoms with Gasteiger partial charge in [-0.15, -0.1) is 0 Å². The molecule has 0 saturated heterocycles. The molecule has 0 saturated carbocycles. The van der Waals surface area contributed by atoms with E-state index >= 15 is 0 Å². The van der Waals surface area contributed by atoms with Crippen LogP contribution in [0.4, 0.5) is 0 Å². The van der Waals surface area contributed by atoms with Crippen molar-refractivity contribution in [2.45, 2.75) is 66.2 Å². The van der Waals surface area contributed by atoms with Crippen LogP contribution in [0.25, 0.3) is 0 Å². The Morgan fingerprint density at radius 1 is 1.08 bits per heavy atom. The van der Waals surface area contributed by atoms with Crippen molar-refractivity contribution in [2.24, 2.45) is 5.41 Å². The van der Waals surface area contributed by atoms with E-state index in [4.69, 9.17) is 0 Å². The molecule has 0 N–H and O–H groups in total. The molecule has 13 heavy (non-hydrogen) atoms. The smallest absolute Gasteiger partial charge is 0.138 e. The number of carbonyl (C=O) groups is 1. The van der Waals surface area contributed by atoms with Crippen LogP contribution in [0.15, 0.2) is 0 Å². The van der Waals surface area contributed by atoms with Crippen LogP contribution >= 0.6 is 0 Å². The third-order valence-corrected chi connectivity index (χ3v) is 3.24. The molecular weight excluding hydrogens is 160 g/mol. The summed E-state index contributed by atoms with van der Waals surface area (Å²) in [6, 6.07) is 0. The summed E-state index contributed by atoms with van der Waals surface area (Å²) >= 11 is 0. The SMILES string of the molecule is CCCCCC(=O)C(C)(CC)CC. The number of hydrogen-bond donors (Lipinski definition) is 0. The van der Waals surface area contributed by atoms with Crippen LogP contribution in [0, 0.1) is 5.41 Å². The normalized spacial score (nSPS) is 11.7. The third-order valence-electron chi connectivity index (χ3n) is 3.24. The first-order chi connectivity index (χ1) is 6.10. The minimum atomic E-state index is -0.0479. The maximum Gasteiger partial charge on any atom is 0.138 e. The molecule has 0 rings (SSSR count). The average Bonchev–Trinajstić information content (AvgIpc) is 2.17. The summed E-state index contributed by atoms with van der Waals surface area (Å²) < 4.78 is 0. The molecule has 78 valence electrons. The summed E-state index contributed by atoms with van der Waals surface area (Å²) in [4.78, 5) is 11.8. The van der Waals surface area contributed by atoms with Gasteiger partial charge in [0, 0.05) is 11.8 Å². The van der Waals surface area contributed by atoms with E-state index in [1.165, 1.54) is 12.8 Å². The van der Waals surface area contributed by atoms with E-state index in [1.54, 1.807) is 0 Å². The van der Waals surface area contributed by atoms with Crippen LogP contribution in [0.1, 0.15) is 66.2 Å². The number of rotatable bonds is 7. The highest BCUT2D eigenvalue weighted by Crippen LogP contribution is 2.28. The quantitative estimate of drug-likeness (QED) is 0.547. The number of Topliss-reactive ketones (excluding diaryl/α,β-unsaturated/α-hetero) is 1. The van der Waals surface area contributed by atoms with Crippen LogP contribution in [-0.2, 0) is 4.79 Å². The zero-order valence-corrected chi connectivity index (χ0v) is 9.65. The highest BCUT2D eigenvalue weighted by atomic mass is 16.1. The molecule has 0 heterocycles. The minimum absolute atomic E-state index is 0.0479. The lowest BCUT2D eigenvalue weighted by Gasteiger charge is -2.24. The van der Waals surface area contributed by atoms with Gasteiger partial charge in [0.25, 0.3) is 0 Å². The standard InChI is InChI=1S/C12H24O/c1-5-8-9-10-11(13)12(4,6-2)7-3/h5-10H2,1-4H3. The van der Waals surface area contributed by atoms with Gasteiger partial charge in [-0.2, -0.15) is 0 Å². The van der Waals surface area contributed by atoms with Gasteiger partial charge in [0.15, 0.2) is 0 Å². The van der Waals surface area contributed by atoms with E-state index < -0.39 is 0 Å². The Labute approximate surface area is 82.9 Å². The molecule has 0 atom stereocenters. The summed E-state index contributed by atoms with van der Waals surface area (Å²) in [6.07, 6.45) is 6.21. The summed E-state index contributed by atoms with van der Waals surface area (Å²) in [5.74, 6) is 0.464. The van der Waals surface area contributed by atoms with Gasteiger partial charge in [0.1, 0.15) is 5.78 Å². The maximum absolute atomic E-state index is 11.8. The molecule has 1 nitrogen and oxygen atoms in total. The Balaban J connectivity index is 3.92. The zero-order valence-electron chi connectivity index (χ0n) is 9.65. The van der Waals surface area contributed by atoms with Gasteiger partial charge < -0.3 is 0 Å². The molecule has 0 aliphatic heterocycles. The van der Waals surface area contributed by atoms with E-state index in [2.05, 4.69) is 27.7 Å². The van der Waals surface area contributed by atoms with Crippen LogP contribution in [-0.4, -0.2) is 5.78 Å². The molecule has 1 heteroatoms. The average molecular weight is 184 g/mol. The monoisotopic (exact) mass is 184 g/mol. The van der Waals surface area contributed by atoms with Gasteiger partial charge in [0.05, 0.1) is 0 Å². The first-order valence-corrected chi connectivity index (χ1v) is 5.64. The molecule has 0 aliphatic carbocycles. The lowest BCUT2D eigenvalue weighted by atomic mass is 9.78. The molecule has 0 bridgehead atoms. The summed E-state index contributed by atoms with van der Waals surface area (Å²) in [5, 5.41) is 0. The fourth-order valence-electron chi connectivity index (χ4n) is 1.48. The Morgan fingerprint density at radius 3 is 2.00 bits per heavy atom. The third kappa shape index (κ3) is 3.93. The second-order valence-corrected chi connectivity index (χ2v) is 4.15. The van der Waals surface area contributed by atoms with Crippen molar-refractivity contribution in [3.05, 3.63) is 0 Å². The van der Waals surface area contributed by atoms with E-state index in [1.807, 2.05) is 0 Å². The Kier molecular flexibility index (Phi) is 6.02. The van der Waals surface area contributed by atoms with Gasteiger partial charge in [0.2, 0.25) is 0 Å². The van der Waals surface area contributed by atoms with Crippen LogP contribution < -0.4 is 0 Å². The second kappa shape index (κ2) is 6.17. The predicted octanol–water partition coefficient (Wildman–Crippen LogP) is 3.96. The summed E-state index contributed by atoms with van der Waals surface area (Å²) in [7, 11) is 0. The molecule has 0 aromatic heterocycles. The second-order valence-electron chi connectivity index (χ2n) is 4.15. The minimum Gasteiger partial charge on any atom is -0.299 e. The molecule has 0 aromatic carbocycles. The molecule has 0 amide bonds. The highest BCUT2D eigenvalue weighted by molar-refractivity contribution is 5.84. The molecule has 0 aliphatic rings. The van der Waals surface area contributed by atoms with Gasteiger partial charge in [-0.3, -0.25) is 4.79 Å². The zero-order chi connectivity index (χ0) is 10.3. The van der Waals surface area contributed by atoms with E-state index in [0.717, 1.165) is 25.7 Å². The lowest BCUT2D eigenvalue weighted by molar-refractivity contribution is -0.128. The number of carbonyl (C=O) groups excluding carboxylic acids is 1. The van der Waals surface area contributed by atoms with Crippen molar-refractivity contribution in [1.29, 1.82) is 0 Å². The number of unbranched alkanes of at least 4 members (excludes halogenated alkanes) is 2. The van der Waals surface area contributed by atoms with E-state index in [9.17, 15) is 4.79 Å². The molecular formula is C12H24O. The molecule has 0 radical (unpaired) electrons. The predicted molar refractivity (Wildman–Crippen MR) is 57.8 cm³/mol. The number of hydrogen-bond acceptors (Lipinski definition) is 1. The Morgan fingerprint density at radius 2 is 1.62 bits per heavy atom. The molecule has 0 fully saturated rings. The molecule has 0 unspecified atom stereocenters. The van der Waals surface area contributed by atoms with Crippen molar-refractivity contribution in [3.8, 4) is 0 Å². The largest absolute Gasteiger partial charge is 0.299 e. The lowest BCUT2D eigenvalue weighted by Crippen LogP contribution is -2.25. The maximum atomic E-state index is 11.8. The molecule has 0 aromatic rings. The summed E-state index contributed by atoms with van der Waals surface area (Å²) in [6.45, 7) is 8.49. The first-order valence-electron chi connectivity index (χ1n) is 5.64. The van der Waals surface area contributed by atoms with E-state index in [0.29, 0.717) is 5.78 Å². The van der Waals surface area contributed by atoms with Crippen LogP contribution in [0.2, 0.25) is 0 Å². The van der Waals surface area contributed by atoms with Gasteiger partial charge in [-0.1, -0.05) is 40.5 Å². The van der Waals surface area contributed by atoms with Crippen molar-refractivity contribution >= 4 is 5.78 Å².